The SMILES string of the molecule is [CH2]CCCCCCCCCCCCCCCSSCCCCCCCCCCCCCCC[CH2]. The van der Waals surface area contributed by atoms with Gasteiger partial charge in [0.2, 0.25) is 0 Å². The van der Waals surface area contributed by atoms with Crippen LogP contribution in [0.5, 0.6) is 0 Å². The van der Waals surface area contributed by atoms with E-state index in [1.165, 1.54) is 178 Å². The molecule has 0 aliphatic rings. The summed E-state index contributed by atoms with van der Waals surface area (Å²) in [6.07, 6.45) is 39.8. The molecular formula is C32H64S2. The molecule has 0 aromatic rings. The second-order valence-electron chi connectivity index (χ2n) is 10.5. The zero-order chi connectivity index (χ0) is 24.6. The van der Waals surface area contributed by atoms with Crippen molar-refractivity contribution in [2.45, 2.75) is 180 Å². The minimum Gasteiger partial charge on any atom is -0.0942 e. The molecule has 0 rings (SSSR count). The molecule has 2 heteroatoms. The van der Waals surface area contributed by atoms with Gasteiger partial charge >= 0.3 is 0 Å². The van der Waals surface area contributed by atoms with E-state index >= 15 is 0 Å². The van der Waals surface area contributed by atoms with Crippen molar-refractivity contribution in [2.24, 2.45) is 0 Å². The molecule has 0 aliphatic heterocycles. The molecule has 0 amide bonds. The van der Waals surface area contributed by atoms with Gasteiger partial charge in [-0.2, -0.15) is 0 Å². The van der Waals surface area contributed by atoms with Gasteiger partial charge in [0.15, 0.2) is 0 Å². The molecule has 0 atom stereocenters. The quantitative estimate of drug-likeness (QED) is 0.0669. The highest BCUT2D eigenvalue weighted by molar-refractivity contribution is 8.76. The lowest BCUT2D eigenvalue weighted by atomic mass is 10.0. The summed E-state index contributed by atoms with van der Waals surface area (Å²) >= 11 is 0. The van der Waals surface area contributed by atoms with Gasteiger partial charge in [-0.1, -0.05) is 202 Å². The average molecular weight is 513 g/mol. The Labute approximate surface area is 226 Å². The van der Waals surface area contributed by atoms with E-state index in [0.29, 0.717) is 0 Å². The minimum atomic E-state index is 1.12. The molecule has 0 saturated carbocycles. The molecule has 0 N–H and O–H groups in total. The third kappa shape index (κ3) is 32.7. The van der Waals surface area contributed by atoms with Crippen LogP contribution in [0.2, 0.25) is 0 Å². The fourth-order valence-corrected chi connectivity index (χ4v) is 6.98. The van der Waals surface area contributed by atoms with Crippen LogP contribution in [0.3, 0.4) is 0 Å². The van der Waals surface area contributed by atoms with Crippen molar-refractivity contribution in [2.75, 3.05) is 11.5 Å². The molecule has 0 saturated heterocycles. The summed E-state index contributed by atoms with van der Waals surface area (Å²) in [5.41, 5.74) is 0. The highest BCUT2D eigenvalue weighted by Gasteiger charge is 1.97. The summed E-state index contributed by atoms with van der Waals surface area (Å²) in [6, 6.07) is 0. The first kappa shape index (κ1) is 34.7. The van der Waals surface area contributed by atoms with Crippen LogP contribution in [0.15, 0.2) is 0 Å². The van der Waals surface area contributed by atoms with E-state index in [0.717, 1.165) is 12.8 Å². The second kappa shape index (κ2) is 33.7. The maximum atomic E-state index is 3.92. The summed E-state index contributed by atoms with van der Waals surface area (Å²) in [4.78, 5) is 0. The van der Waals surface area contributed by atoms with E-state index in [2.05, 4.69) is 35.4 Å². The van der Waals surface area contributed by atoms with Gasteiger partial charge in [-0.15, -0.1) is 0 Å². The van der Waals surface area contributed by atoms with Crippen LogP contribution in [-0.2, 0) is 0 Å². The van der Waals surface area contributed by atoms with E-state index in [-0.39, 0.29) is 0 Å². The van der Waals surface area contributed by atoms with Crippen LogP contribution in [-0.4, -0.2) is 11.5 Å². The molecule has 0 unspecified atom stereocenters. The van der Waals surface area contributed by atoms with Gasteiger partial charge in [0, 0.05) is 11.5 Å². The molecule has 0 fully saturated rings. The van der Waals surface area contributed by atoms with E-state index in [1.54, 1.807) is 0 Å². The predicted octanol–water partition coefficient (Wildman–Crippen LogP) is 13.0. The van der Waals surface area contributed by atoms with Gasteiger partial charge in [0.25, 0.3) is 0 Å². The standard InChI is InChI=1S/C32H64S2/c1-3-5-7-9-11-13-15-17-19-21-23-25-27-29-31-33-34-32-30-28-26-24-22-20-18-16-14-12-10-8-6-4-2/h1-32H2. The summed E-state index contributed by atoms with van der Waals surface area (Å²) in [7, 11) is 4.27. The number of hydrogen-bond donors (Lipinski definition) is 0. The third-order valence-corrected chi connectivity index (χ3v) is 9.62. The predicted molar refractivity (Wildman–Crippen MR) is 165 cm³/mol. The highest BCUT2D eigenvalue weighted by Crippen LogP contribution is 2.25. The van der Waals surface area contributed by atoms with Crippen molar-refractivity contribution in [3.63, 3.8) is 0 Å². The van der Waals surface area contributed by atoms with E-state index in [9.17, 15) is 0 Å². The van der Waals surface area contributed by atoms with Gasteiger partial charge in [-0.3, -0.25) is 0 Å². The number of hydrogen-bond acceptors (Lipinski definition) is 2. The van der Waals surface area contributed by atoms with Crippen LogP contribution in [0.25, 0.3) is 0 Å². The Balaban J connectivity index is 2.99. The maximum absolute atomic E-state index is 3.92. The largest absolute Gasteiger partial charge is 0.0942 e. The summed E-state index contributed by atoms with van der Waals surface area (Å²) in [5.74, 6) is 2.74. The minimum absolute atomic E-state index is 1.12. The lowest BCUT2D eigenvalue weighted by Gasteiger charge is -2.04. The molecule has 204 valence electrons. The van der Waals surface area contributed by atoms with Crippen LogP contribution in [0, 0.1) is 13.8 Å². The van der Waals surface area contributed by atoms with Gasteiger partial charge < -0.3 is 0 Å². The number of unbranched alkanes of at least 4 members (excludes halogenated alkanes) is 26. The van der Waals surface area contributed by atoms with Crippen molar-refractivity contribution in [1.82, 2.24) is 0 Å². The fraction of sp³-hybridized carbons (Fsp3) is 0.938. The molecular weight excluding hydrogens is 448 g/mol. The van der Waals surface area contributed by atoms with Gasteiger partial charge in [-0.25, -0.2) is 0 Å². The molecule has 0 aliphatic carbocycles. The van der Waals surface area contributed by atoms with E-state index in [1.807, 2.05) is 0 Å². The average Bonchev–Trinajstić information content (AvgIpc) is 2.85. The Morgan fingerprint density at radius 3 is 0.618 bits per heavy atom. The molecule has 0 heterocycles. The molecule has 0 aromatic carbocycles. The third-order valence-electron chi connectivity index (χ3n) is 7.04. The van der Waals surface area contributed by atoms with Gasteiger partial charge in [-0.05, 0) is 12.8 Å². The van der Waals surface area contributed by atoms with Crippen molar-refractivity contribution in [1.29, 1.82) is 0 Å². The zero-order valence-electron chi connectivity index (χ0n) is 23.4. The van der Waals surface area contributed by atoms with Crippen LogP contribution < -0.4 is 0 Å². The molecule has 0 nitrogen and oxygen atoms in total. The van der Waals surface area contributed by atoms with Crippen molar-refractivity contribution >= 4 is 21.6 Å². The summed E-state index contributed by atoms with van der Waals surface area (Å²) in [5, 5.41) is 0. The zero-order valence-corrected chi connectivity index (χ0v) is 25.1. The first-order valence-corrected chi connectivity index (χ1v) is 18.2. The molecule has 34 heavy (non-hydrogen) atoms. The van der Waals surface area contributed by atoms with Crippen molar-refractivity contribution < 1.29 is 0 Å². The smallest absolute Gasteiger partial charge is 0.00369 e. The molecule has 0 aromatic heterocycles. The Morgan fingerprint density at radius 2 is 0.412 bits per heavy atom. The van der Waals surface area contributed by atoms with Crippen LogP contribution in [0.1, 0.15) is 180 Å². The molecule has 2 radical (unpaired) electrons. The fourth-order valence-electron chi connectivity index (χ4n) is 4.68. The Hall–Kier alpha value is 0.700. The monoisotopic (exact) mass is 512 g/mol. The highest BCUT2D eigenvalue weighted by atomic mass is 33.1. The van der Waals surface area contributed by atoms with Gasteiger partial charge in [0.1, 0.15) is 0 Å². The topological polar surface area (TPSA) is 0 Å². The summed E-state index contributed by atoms with van der Waals surface area (Å²) < 4.78 is 0. The lowest BCUT2D eigenvalue weighted by molar-refractivity contribution is 0.540. The Bertz CT molecular complexity index is 299. The first-order chi connectivity index (χ1) is 16.9. The summed E-state index contributed by atoms with van der Waals surface area (Å²) in [6.45, 7) is 7.84. The molecule has 0 spiro atoms. The van der Waals surface area contributed by atoms with Crippen LogP contribution in [0.4, 0.5) is 0 Å². The normalized spacial score (nSPS) is 11.5. The van der Waals surface area contributed by atoms with Crippen LogP contribution >= 0.6 is 21.6 Å². The van der Waals surface area contributed by atoms with E-state index in [4.69, 9.17) is 0 Å². The maximum Gasteiger partial charge on any atom is 0.00369 e. The Morgan fingerprint density at radius 1 is 0.235 bits per heavy atom. The lowest BCUT2D eigenvalue weighted by Crippen LogP contribution is -1.85. The number of rotatable bonds is 31. The second-order valence-corrected chi connectivity index (χ2v) is 13.2. The van der Waals surface area contributed by atoms with Gasteiger partial charge in [0.05, 0.1) is 0 Å². The Kier molecular flexibility index (Phi) is 34.4. The van der Waals surface area contributed by atoms with Crippen molar-refractivity contribution in [3.05, 3.63) is 13.8 Å². The van der Waals surface area contributed by atoms with E-state index < -0.39 is 0 Å². The van der Waals surface area contributed by atoms with Crippen molar-refractivity contribution in [3.8, 4) is 0 Å². The first-order valence-electron chi connectivity index (χ1n) is 15.7. The molecule has 0 bridgehead atoms.